The van der Waals surface area contributed by atoms with Crippen molar-refractivity contribution in [3.05, 3.63) is 118 Å². The van der Waals surface area contributed by atoms with Gasteiger partial charge in [-0.25, -0.2) is 0 Å². The number of allylic oxidation sites excluding steroid dienone is 2. The molecule has 0 heterocycles. The average Bonchev–Trinajstić information content (AvgIpc) is 2.84. The van der Waals surface area contributed by atoms with Gasteiger partial charge in [-0.15, -0.1) is 0 Å². The molecule has 168 valence electrons. The first kappa shape index (κ1) is 24.0. The van der Waals surface area contributed by atoms with E-state index in [2.05, 4.69) is 98.8 Å². The summed E-state index contributed by atoms with van der Waals surface area (Å²) in [6.07, 6.45) is 12.0. The molecular formula is C31H38O. The van der Waals surface area contributed by atoms with Crippen LogP contribution in [0.2, 0.25) is 0 Å². The highest BCUT2D eigenvalue weighted by molar-refractivity contribution is 5.30. The summed E-state index contributed by atoms with van der Waals surface area (Å²) < 4.78 is 5.77. The molecule has 3 aromatic carbocycles. The lowest BCUT2D eigenvalue weighted by Gasteiger charge is -2.10. The lowest BCUT2D eigenvalue weighted by atomic mass is 9.98. The van der Waals surface area contributed by atoms with E-state index in [4.69, 9.17) is 4.74 Å². The predicted octanol–water partition coefficient (Wildman–Crippen LogP) is 7.69. The molecule has 0 amide bonds. The second-order valence-electron chi connectivity index (χ2n) is 8.54. The molecule has 0 aliphatic rings. The molecule has 0 N–H and O–H groups in total. The number of rotatable bonds is 13. The summed E-state index contributed by atoms with van der Waals surface area (Å²) in [5, 5.41) is 0. The van der Waals surface area contributed by atoms with Gasteiger partial charge in [0.05, 0.1) is 6.61 Å². The van der Waals surface area contributed by atoms with Crippen molar-refractivity contribution < 1.29 is 4.74 Å². The minimum atomic E-state index is 0.722. The molecule has 0 aliphatic carbocycles. The third-order valence-electron chi connectivity index (χ3n) is 5.91. The van der Waals surface area contributed by atoms with Crippen molar-refractivity contribution in [1.29, 1.82) is 0 Å². The van der Waals surface area contributed by atoms with Crippen LogP contribution < -0.4 is 0 Å². The Hall–Kier alpha value is -2.64. The minimum absolute atomic E-state index is 0.722. The Morgan fingerprint density at radius 3 is 1.69 bits per heavy atom. The predicted molar refractivity (Wildman–Crippen MR) is 137 cm³/mol. The monoisotopic (exact) mass is 426 g/mol. The Balaban J connectivity index is 1.47. The van der Waals surface area contributed by atoms with Gasteiger partial charge in [-0.1, -0.05) is 98.8 Å². The largest absolute Gasteiger partial charge is 0.377 e. The van der Waals surface area contributed by atoms with E-state index in [9.17, 15) is 0 Å². The van der Waals surface area contributed by atoms with Crippen LogP contribution in [0.4, 0.5) is 0 Å². The molecule has 0 aromatic heterocycles. The van der Waals surface area contributed by atoms with Crippen LogP contribution in [-0.4, -0.2) is 6.61 Å². The zero-order valence-corrected chi connectivity index (χ0v) is 19.9. The Morgan fingerprint density at radius 2 is 1.12 bits per heavy atom. The first-order valence-electron chi connectivity index (χ1n) is 12.2. The van der Waals surface area contributed by atoms with E-state index in [1.54, 1.807) is 0 Å². The van der Waals surface area contributed by atoms with Crippen LogP contribution in [0.3, 0.4) is 0 Å². The van der Waals surface area contributed by atoms with E-state index in [1.165, 1.54) is 33.4 Å². The molecular weight excluding hydrogens is 388 g/mol. The van der Waals surface area contributed by atoms with Crippen molar-refractivity contribution in [3.8, 4) is 0 Å². The molecule has 0 unspecified atom stereocenters. The van der Waals surface area contributed by atoms with Gasteiger partial charge < -0.3 is 4.74 Å². The molecule has 1 nitrogen and oxygen atoms in total. The van der Waals surface area contributed by atoms with Crippen molar-refractivity contribution in [2.75, 3.05) is 6.61 Å². The molecule has 0 aliphatic heterocycles. The fraction of sp³-hybridized carbons (Fsp3) is 0.355. The van der Waals surface area contributed by atoms with Gasteiger partial charge in [0.1, 0.15) is 0 Å². The molecule has 1 heteroatoms. The van der Waals surface area contributed by atoms with E-state index >= 15 is 0 Å². The van der Waals surface area contributed by atoms with Crippen LogP contribution >= 0.6 is 0 Å². The Kier molecular flexibility index (Phi) is 10.3. The van der Waals surface area contributed by atoms with E-state index in [1.807, 2.05) is 0 Å². The zero-order valence-electron chi connectivity index (χ0n) is 19.9. The highest BCUT2D eigenvalue weighted by Gasteiger charge is 2.04. The van der Waals surface area contributed by atoms with Crippen LogP contribution in [-0.2, 0) is 43.4 Å². The molecule has 3 aromatic rings. The maximum absolute atomic E-state index is 5.77. The molecule has 0 radical (unpaired) electrons. The molecule has 32 heavy (non-hydrogen) atoms. The van der Waals surface area contributed by atoms with E-state index < -0.39 is 0 Å². The van der Waals surface area contributed by atoms with Gasteiger partial charge in [0.25, 0.3) is 0 Å². The zero-order chi connectivity index (χ0) is 22.4. The Morgan fingerprint density at radius 1 is 0.594 bits per heavy atom. The molecule has 0 spiro atoms. The quantitative estimate of drug-likeness (QED) is 0.201. The van der Waals surface area contributed by atoms with Gasteiger partial charge in [-0.3, -0.25) is 0 Å². The minimum Gasteiger partial charge on any atom is -0.377 e. The molecule has 0 saturated carbocycles. The van der Waals surface area contributed by atoms with Crippen LogP contribution in [0.5, 0.6) is 0 Å². The van der Waals surface area contributed by atoms with Crippen LogP contribution in [0, 0.1) is 0 Å². The molecule has 3 rings (SSSR count). The third kappa shape index (κ3) is 8.13. The number of benzene rings is 3. The summed E-state index contributed by atoms with van der Waals surface area (Å²) in [4.78, 5) is 0. The van der Waals surface area contributed by atoms with Crippen molar-refractivity contribution in [2.24, 2.45) is 0 Å². The van der Waals surface area contributed by atoms with Gasteiger partial charge >= 0.3 is 0 Å². The maximum Gasteiger partial charge on any atom is 0.0719 e. The van der Waals surface area contributed by atoms with Crippen LogP contribution in [0.15, 0.2) is 84.9 Å². The van der Waals surface area contributed by atoms with E-state index in [-0.39, 0.29) is 0 Å². The normalized spacial score (nSPS) is 11.3. The first-order chi connectivity index (χ1) is 15.8. The van der Waals surface area contributed by atoms with Gasteiger partial charge in [-0.2, -0.15) is 0 Å². The summed E-state index contributed by atoms with van der Waals surface area (Å²) in [5.41, 5.74) is 8.35. The fourth-order valence-electron chi connectivity index (χ4n) is 3.94. The lowest BCUT2D eigenvalue weighted by molar-refractivity contribution is 0.121. The van der Waals surface area contributed by atoms with Crippen molar-refractivity contribution in [3.63, 3.8) is 0 Å². The third-order valence-corrected chi connectivity index (χ3v) is 5.91. The standard InChI is InChI=1S/C31H38O/c1-3-5-6-9-26-12-14-27(15-13-26)16-17-28-18-20-29(21-19-28)22-23-30-10-7-8-11-31(30)25-32-24-4-2/h5-8,10-15,18-21H,3-4,9,16-17,22-25H2,1-2H3. The topological polar surface area (TPSA) is 9.23 Å². The number of aryl methyl sites for hydroxylation is 4. The fourth-order valence-corrected chi connectivity index (χ4v) is 3.94. The Bertz CT molecular complexity index is 935. The van der Waals surface area contributed by atoms with E-state index in [0.717, 1.165) is 58.2 Å². The number of hydrogen-bond donors (Lipinski definition) is 0. The van der Waals surface area contributed by atoms with Gasteiger partial charge in [0.15, 0.2) is 0 Å². The summed E-state index contributed by atoms with van der Waals surface area (Å²) >= 11 is 0. The SMILES string of the molecule is CCC=CCc1ccc(CCc2ccc(CCc3ccccc3COCCC)cc2)cc1. The summed E-state index contributed by atoms with van der Waals surface area (Å²) in [6.45, 7) is 5.88. The highest BCUT2D eigenvalue weighted by Crippen LogP contribution is 2.16. The van der Waals surface area contributed by atoms with Gasteiger partial charge in [-0.05, 0) is 78.3 Å². The molecule has 0 bridgehead atoms. The summed E-state index contributed by atoms with van der Waals surface area (Å²) in [6, 6.07) is 27.0. The van der Waals surface area contributed by atoms with Gasteiger partial charge in [0, 0.05) is 6.61 Å². The highest BCUT2D eigenvalue weighted by atomic mass is 16.5. The lowest BCUT2D eigenvalue weighted by Crippen LogP contribution is -2.01. The summed E-state index contributed by atoms with van der Waals surface area (Å²) in [5.74, 6) is 0. The van der Waals surface area contributed by atoms with Crippen molar-refractivity contribution >= 4 is 0 Å². The maximum atomic E-state index is 5.77. The van der Waals surface area contributed by atoms with Crippen LogP contribution in [0.25, 0.3) is 0 Å². The second-order valence-corrected chi connectivity index (χ2v) is 8.54. The molecule has 0 fully saturated rings. The van der Waals surface area contributed by atoms with Crippen molar-refractivity contribution in [1.82, 2.24) is 0 Å². The van der Waals surface area contributed by atoms with Crippen molar-refractivity contribution in [2.45, 2.75) is 65.4 Å². The first-order valence-corrected chi connectivity index (χ1v) is 12.2. The second kappa shape index (κ2) is 13.7. The van der Waals surface area contributed by atoms with Gasteiger partial charge in [0.2, 0.25) is 0 Å². The number of hydrogen-bond acceptors (Lipinski definition) is 1. The molecule has 0 atom stereocenters. The summed E-state index contributed by atoms with van der Waals surface area (Å²) in [7, 11) is 0. The average molecular weight is 427 g/mol. The van der Waals surface area contributed by atoms with E-state index in [0.29, 0.717) is 0 Å². The molecule has 0 saturated heterocycles. The Labute approximate surface area is 195 Å². The number of ether oxygens (including phenoxy) is 1. The smallest absolute Gasteiger partial charge is 0.0719 e. The van der Waals surface area contributed by atoms with Crippen LogP contribution in [0.1, 0.15) is 60.1 Å².